The van der Waals surface area contributed by atoms with E-state index in [4.69, 9.17) is 4.74 Å². The average molecular weight is 242 g/mol. The van der Waals surface area contributed by atoms with Gasteiger partial charge in [0.05, 0.1) is 13.2 Å². The number of morpholine rings is 1. The summed E-state index contributed by atoms with van der Waals surface area (Å²) >= 11 is 0. The third-order valence-electron chi connectivity index (χ3n) is 2.84. The Morgan fingerprint density at radius 1 is 1.53 bits per heavy atom. The number of H-pyrrole nitrogens is 1. The van der Waals surface area contributed by atoms with Gasteiger partial charge in [-0.3, -0.25) is 4.52 Å². The van der Waals surface area contributed by atoms with Gasteiger partial charge in [-0.1, -0.05) is 9.95 Å². The van der Waals surface area contributed by atoms with Gasteiger partial charge in [-0.25, -0.2) is 14.5 Å². The Bertz CT molecular complexity index is 488. The number of hydrogen-bond acceptors (Lipinski definition) is 5. The molecule has 1 aliphatic rings. The van der Waals surface area contributed by atoms with E-state index >= 15 is 0 Å². The molecule has 0 aliphatic carbocycles. The van der Waals surface area contributed by atoms with E-state index in [2.05, 4.69) is 9.79 Å². The molecule has 1 fully saturated rings. The molecule has 0 atom stereocenters. The van der Waals surface area contributed by atoms with Crippen LogP contribution in [-0.2, 0) is 4.74 Å². The summed E-state index contributed by atoms with van der Waals surface area (Å²) in [5, 5.41) is 2.31. The lowest BCUT2D eigenvalue weighted by atomic mass is 10.0. The third-order valence-corrected chi connectivity index (χ3v) is 2.84. The highest BCUT2D eigenvalue weighted by atomic mass is 16.5. The van der Waals surface area contributed by atoms with Crippen LogP contribution in [0.25, 0.3) is 0 Å². The van der Waals surface area contributed by atoms with Gasteiger partial charge in [0, 0.05) is 6.92 Å². The molecule has 1 aromatic rings. The maximum absolute atomic E-state index is 11.7. The molecular weight excluding hydrogens is 226 g/mol. The van der Waals surface area contributed by atoms with E-state index in [1.54, 1.807) is 0 Å². The molecule has 0 radical (unpaired) electrons. The van der Waals surface area contributed by atoms with Crippen molar-refractivity contribution in [1.82, 2.24) is 5.27 Å². The molecule has 2 heterocycles. The van der Waals surface area contributed by atoms with Crippen LogP contribution in [0.5, 0.6) is 0 Å². The first-order valence-corrected chi connectivity index (χ1v) is 5.43. The number of rotatable bonds is 1. The van der Waals surface area contributed by atoms with Gasteiger partial charge >= 0.3 is 17.4 Å². The number of nitrogens with one attached hydrogen (secondary N) is 1. The molecule has 1 aliphatic heterocycles. The van der Waals surface area contributed by atoms with E-state index in [1.165, 1.54) is 6.92 Å². The summed E-state index contributed by atoms with van der Waals surface area (Å²) in [5.74, 6) is -0.0704. The largest absolute Gasteiger partial charge is 0.450 e. The van der Waals surface area contributed by atoms with E-state index in [9.17, 15) is 9.59 Å². The highest BCUT2D eigenvalue weighted by Gasteiger charge is 2.43. The Morgan fingerprint density at radius 2 is 2.24 bits per heavy atom. The Kier molecular flexibility index (Phi) is 2.78. The summed E-state index contributed by atoms with van der Waals surface area (Å²) < 4.78 is 11.2. The topological polar surface area (TPSA) is 79.4 Å². The molecule has 7 nitrogen and oxygen atoms in total. The zero-order valence-corrected chi connectivity index (χ0v) is 10.1. The first kappa shape index (κ1) is 11.8. The summed E-state index contributed by atoms with van der Waals surface area (Å²) in [6.45, 7) is 6.82. The number of nitrogens with zero attached hydrogens (tertiary/aromatic N) is 2. The lowest BCUT2D eigenvalue weighted by Gasteiger charge is -2.35. The van der Waals surface area contributed by atoms with Crippen LogP contribution in [0.4, 0.5) is 5.82 Å². The van der Waals surface area contributed by atoms with Gasteiger partial charge in [-0.15, -0.1) is 0 Å². The van der Waals surface area contributed by atoms with Crippen LogP contribution in [0, 0.1) is 0 Å². The number of aromatic nitrogens is 2. The lowest BCUT2D eigenvalue weighted by molar-refractivity contribution is -0.636. The standard InChI is InChI=1S/C10H15N3O4/c1-7(14)13-8(9(15)17-11-13)12-4-5-16-6-10(12,2)3/h4-6H2,1-3H3/p+1. The van der Waals surface area contributed by atoms with Crippen molar-refractivity contribution >= 4 is 11.7 Å². The van der Waals surface area contributed by atoms with Crippen molar-refractivity contribution < 1.29 is 18.7 Å². The van der Waals surface area contributed by atoms with Gasteiger partial charge in [0.2, 0.25) is 0 Å². The van der Waals surface area contributed by atoms with Crippen LogP contribution in [0.15, 0.2) is 9.32 Å². The Labute approximate surface area is 97.9 Å². The van der Waals surface area contributed by atoms with Crippen molar-refractivity contribution in [2.24, 2.45) is 0 Å². The van der Waals surface area contributed by atoms with E-state index in [-0.39, 0.29) is 17.3 Å². The van der Waals surface area contributed by atoms with Gasteiger partial charge in [-0.2, -0.15) is 0 Å². The van der Waals surface area contributed by atoms with Crippen LogP contribution in [-0.4, -0.2) is 36.5 Å². The fraction of sp³-hybridized carbons (Fsp3) is 0.700. The SMILES string of the molecule is CC(=O)[n+]1[nH]oc(=O)c1N1CCOCC1(C)C. The smallest absolute Gasteiger partial charge is 0.373 e. The highest BCUT2D eigenvalue weighted by Crippen LogP contribution is 2.21. The molecule has 1 N–H and O–H groups in total. The van der Waals surface area contributed by atoms with E-state index < -0.39 is 5.63 Å². The molecular formula is C10H16N3O4+. The molecule has 0 unspecified atom stereocenters. The molecule has 0 aromatic carbocycles. The van der Waals surface area contributed by atoms with Crippen molar-refractivity contribution in [1.29, 1.82) is 0 Å². The molecule has 0 saturated carbocycles. The molecule has 0 spiro atoms. The second-order valence-corrected chi connectivity index (χ2v) is 4.68. The zero-order valence-electron chi connectivity index (χ0n) is 10.1. The molecule has 0 bridgehead atoms. The molecule has 17 heavy (non-hydrogen) atoms. The van der Waals surface area contributed by atoms with Crippen molar-refractivity contribution in [2.75, 3.05) is 24.7 Å². The van der Waals surface area contributed by atoms with E-state index in [0.717, 1.165) is 4.68 Å². The van der Waals surface area contributed by atoms with Gasteiger partial charge in [-0.05, 0) is 13.8 Å². The number of carbonyl (C=O) groups is 1. The van der Waals surface area contributed by atoms with Crippen LogP contribution in [0.2, 0.25) is 0 Å². The number of ether oxygens (including phenoxy) is 1. The number of aromatic amines is 1. The zero-order chi connectivity index (χ0) is 12.6. The second kappa shape index (κ2) is 3.99. The average Bonchev–Trinajstić information content (AvgIpc) is 2.60. The van der Waals surface area contributed by atoms with Crippen molar-refractivity contribution in [3.8, 4) is 0 Å². The van der Waals surface area contributed by atoms with Crippen molar-refractivity contribution in [2.45, 2.75) is 26.3 Å². The quantitative estimate of drug-likeness (QED) is 0.673. The monoisotopic (exact) mass is 242 g/mol. The summed E-state index contributed by atoms with van der Waals surface area (Å²) in [6, 6.07) is 0. The van der Waals surface area contributed by atoms with Gasteiger partial charge < -0.3 is 4.74 Å². The third kappa shape index (κ3) is 1.97. The molecule has 7 heteroatoms. The number of hydrogen-bond donors (Lipinski definition) is 1. The number of carbonyl (C=O) groups excluding carboxylic acids is 1. The Balaban J connectivity index is 2.48. The van der Waals surface area contributed by atoms with Crippen LogP contribution >= 0.6 is 0 Å². The highest BCUT2D eigenvalue weighted by molar-refractivity contribution is 5.64. The molecule has 2 rings (SSSR count). The van der Waals surface area contributed by atoms with Gasteiger partial charge in [0.15, 0.2) is 0 Å². The predicted molar refractivity (Wildman–Crippen MR) is 58.1 cm³/mol. The van der Waals surface area contributed by atoms with Crippen molar-refractivity contribution in [3.63, 3.8) is 0 Å². The van der Waals surface area contributed by atoms with E-state index in [0.29, 0.717) is 19.8 Å². The normalized spacial score (nSPS) is 19.4. The van der Waals surface area contributed by atoms with Crippen LogP contribution < -0.4 is 15.2 Å². The summed E-state index contributed by atoms with van der Waals surface area (Å²) in [6.07, 6.45) is 0. The molecule has 0 amide bonds. The number of anilines is 1. The maximum Gasteiger partial charge on any atom is 0.450 e. The summed E-state index contributed by atoms with van der Waals surface area (Å²) in [7, 11) is 0. The van der Waals surface area contributed by atoms with Crippen LogP contribution in [0.3, 0.4) is 0 Å². The molecule has 94 valence electrons. The second-order valence-electron chi connectivity index (χ2n) is 4.68. The minimum atomic E-state index is -0.546. The Morgan fingerprint density at radius 3 is 2.82 bits per heavy atom. The minimum absolute atomic E-state index is 0.228. The summed E-state index contributed by atoms with van der Waals surface area (Å²) in [4.78, 5) is 24.9. The molecule has 1 aromatic heterocycles. The molecule has 1 saturated heterocycles. The fourth-order valence-corrected chi connectivity index (χ4v) is 1.96. The van der Waals surface area contributed by atoms with Crippen LogP contribution in [0.1, 0.15) is 25.6 Å². The maximum atomic E-state index is 11.7. The van der Waals surface area contributed by atoms with E-state index in [1.807, 2.05) is 18.7 Å². The minimum Gasteiger partial charge on any atom is -0.373 e. The Hall–Kier alpha value is -1.63. The fourth-order valence-electron chi connectivity index (χ4n) is 1.96. The van der Waals surface area contributed by atoms with Gasteiger partial charge in [0.1, 0.15) is 12.1 Å². The summed E-state index contributed by atoms with van der Waals surface area (Å²) in [5.41, 5.74) is -0.901. The first-order valence-electron chi connectivity index (χ1n) is 5.43. The first-order chi connectivity index (χ1) is 7.93. The lowest BCUT2D eigenvalue weighted by Crippen LogP contribution is -2.60. The van der Waals surface area contributed by atoms with Gasteiger partial charge in [0.25, 0.3) is 0 Å². The predicted octanol–water partition coefficient (Wildman–Crippen LogP) is -0.469. The van der Waals surface area contributed by atoms with Crippen molar-refractivity contribution in [3.05, 3.63) is 10.4 Å².